The molecule has 10 heavy (non-hydrogen) atoms. The van der Waals surface area contributed by atoms with Crippen molar-refractivity contribution in [2.24, 2.45) is 0 Å². The quantitative estimate of drug-likeness (QED) is 0.588. The van der Waals surface area contributed by atoms with Crippen LogP contribution in [0.25, 0.3) is 0 Å². The molecule has 0 unspecified atom stereocenters. The fraction of sp³-hybridized carbons (Fsp3) is 1.00. The molecule has 0 spiro atoms. The minimum Gasteiger partial charge on any atom is -0.391 e. The maximum absolute atomic E-state index is 9.50. The summed E-state index contributed by atoms with van der Waals surface area (Å²) in [6.07, 6.45) is 4.55. The summed E-state index contributed by atoms with van der Waals surface area (Å²) in [6, 6.07) is 0.411. The molecule has 1 rings (SSSR count). The van der Waals surface area contributed by atoms with Crippen molar-refractivity contribution in [2.45, 2.75) is 37.8 Å². The van der Waals surface area contributed by atoms with E-state index in [9.17, 15) is 5.11 Å². The van der Waals surface area contributed by atoms with Crippen molar-refractivity contribution in [2.75, 3.05) is 14.1 Å². The van der Waals surface area contributed by atoms with Crippen LogP contribution in [0.2, 0.25) is 0 Å². The summed E-state index contributed by atoms with van der Waals surface area (Å²) in [4.78, 5) is 2.13. The fourth-order valence-corrected chi connectivity index (χ4v) is 1.69. The molecule has 0 heterocycles. The van der Waals surface area contributed by atoms with Gasteiger partial charge in [0, 0.05) is 6.04 Å². The zero-order valence-electron chi connectivity index (χ0n) is 6.88. The summed E-state index contributed by atoms with van der Waals surface area (Å²) in [7, 11) is 4.08. The lowest BCUT2D eigenvalue weighted by atomic mass is 9.92. The van der Waals surface area contributed by atoms with Gasteiger partial charge >= 0.3 is 0 Å². The minimum absolute atomic E-state index is 0.0799. The third-order valence-electron chi connectivity index (χ3n) is 2.36. The van der Waals surface area contributed by atoms with Crippen LogP contribution in [0.3, 0.4) is 0 Å². The van der Waals surface area contributed by atoms with E-state index in [0.29, 0.717) is 6.04 Å². The van der Waals surface area contributed by atoms with Gasteiger partial charge in [-0.3, -0.25) is 0 Å². The summed E-state index contributed by atoms with van der Waals surface area (Å²) in [6.45, 7) is 0. The average Bonchev–Trinajstić information content (AvgIpc) is 1.88. The van der Waals surface area contributed by atoms with Crippen molar-refractivity contribution < 1.29 is 5.11 Å². The molecule has 2 atom stereocenters. The number of aliphatic hydroxyl groups is 1. The van der Waals surface area contributed by atoms with Gasteiger partial charge in [0.05, 0.1) is 6.10 Å². The van der Waals surface area contributed by atoms with Gasteiger partial charge in [-0.05, 0) is 26.9 Å². The van der Waals surface area contributed by atoms with Gasteiger partial charge in [-0.1, -0.05) is 12.8 Å². The van der Waals surface area contributed by atoms with E-state index in [2.05, 4.69) is 4.90 Å². The SMILES string of the molecule is CN(C)[C@H]1CCCC[C@H]1O. The second-order valence-electron chi connectivity index (χ2n) is 3.38. The first-order valence-electron chi connectivity index (χ1n) is 4.06. The van der Waals surface area contributed by atoms with Crippen LogP contribution < -0.4 is 0 Å². The van der Waals surface area contributed by atoms with E-state index in [4.69, 9.17) is 0 Å². The monoisotopic (exact) mass is 143 g/mol. The highest BCUT2D eigenvalue weighted by molar-refractivity contribution is 4.79. The van der Waals surface area contributed by atoms with Gasteiger partial charge in [0.2, 0.25) is 0 Å². The van der Waals surface area contributed by atoms with Crippen molar-refractivity contribution in [1.82, 2.24) is 4.90 Å². The van der Waals surface area contributed by atoms with Crippen LogP contribution in [-0.4, -0.2) is 36.2 Å². The van der Waals surface area contributed by atoms with Gasteiger partial charge in [0.1, 0.15) is 0 Å². The number of aliphatic hydroxyl groups excluding tert-OH is 1. The first kappa shape index (κ1) is 8.02. The molecule has 0 aromatic carbocycles. The first-order valence-corrected chi connectivity index (χ1v) is 4.06. The molecule has 0 amide bonds. The Labute approximate surface area is 62.8 Å². The molecule has 0 aliphatic heterocycles. The number of rotatable bonds is 1. The lowest BCUT2D eigenvalue weighted by Gasteiger charge is -2.32. The number of nitrogens with zero attached hydrogens (tertiary/aromatic N) is 1. The van der Waals surface area contributed by atoms with Gasteiger partial charge in [-0.2, -0.15) is 0 Å². The Morgan fingerprint density at radius 3 is 2.20 bits per heavy atom. The standard InChI is InChI=1S/C8H17NO/c1-9(2)7-5-3-4-6-8(7)10/h7-8,10H,3-6H2,1-2H3/t7-,8+/m0/s1. The highest BCUT2D eigenvalue weighted by Gasteiger charge is 2.23. The maximum atomic E-state index is 9.50. The van der Waals surface area contributed by atoms with E-state index >= 15 is 0 Å². The Morgan fingerprint density at radius 2 is 1.80 bits per heavy atom. The second kappa shape index (κ2) is 3.35. The third kappa shape index (κ3) is 1.70. The lowest BCUT2D eigenvalue weighted by molar-refractivity contribution is 0.0435. The normalized spacial score (nSPS) is 34.8. The fourth-order valence-electron chi connectivity index (χ4n) is 1.69. The van der Waals surface area contributed by atoms with Gasteiger partial charge in [0.25, 0.3) is 0 Å². The van der Waals surface area contributed by atoms with Crippen LogP contribution in [0.1, 0.15) is 25.7 Å². The Kier molecular flexibility index (Phi) is 2.69. The predicted octanol–water partition coefficient (Wildman–Crippen LogP) is 0.851. The van der Waals surface area contributed by atoms with Crippen molar-refractivity contribution in [1.29, 1.82) is 0 Å². The molecule has 1 aliphatic carbocycles. The summed E-state index contributed by atoms with van der Waals surface area (Å²) in [5, 5.41) is 9.50. The Hall–Kier alpha value is -0.0800. The molecule has 0 radical (unpaired) electrons. The Balaban J connectivity index is 2.40. The molecule has 1 N–H and O–H groups in total. The molecule has 1 fully saturated rings. The number of hydrogen-bond donors (Lipinski definition) is 1. The number of likely N-dealkylation sites (N-methyl/N-ethyl adjacent to an activating group) is 1. The van der Waals surface area contributed by atoms with E-state index in [1.807, 2.05) is 14.1 Å². The average molecular weight is 143 g/mol. The van der Waals surface area contributed by atoms with Crippen LogP contribution >= 0.6 is 0 Å². The molecule has 60 valence electrons. The van der Waals surface area contributed by atoms with E-state index in [1.54, 1.807) is 0 Å². The molecule has 0 saturated heterocycles. The van der Waals surface area contributed by atoms with Crippen molar-refractivity contribution in [3.05, 3.63) is 0 Å². The van der Waals surface area contributed by atoms with E-state index in [-0.39, 0.29) is 6.10 Å². The van der Waals surface area contributed by atoms with Crippen LogP contribution in [-0.2, 0) is 0 Å². The van der Waals surface area contributed by atoms with E-state index < -0.39 is 0 Å². The summed E-state index contributed by atoms with van der Waals surface area (Å²) >= 11 is 0. The molecule has 1 saturated carbocycles. The topological polar surface area (TPSA) is 23.5 Å². The zero-order chi connectivity index (χ0) is 7.56. The molecule has 0 aromatic rings. The van der Waals surface area contributed by atoms with Crippen molar-refractivity contribution in [3.63, 3.8) is 0 Å². The highest BCUT2D eigenvalue weighted by atomic mass is 16.3. The third-order valence-corrected chi connectivity index (χ3v) is 2.36. The van der Waals surface area contributed by atoms with Gasteiger partial charge in [-0.25, -0.2) is 0 Å². The molecule has 2 heteroatoms. The zero-order valence-corrected chi connectivity index (χ0v) is 6.88. The Bertz CT molecular complexity index is 103. The van der Waals surface area contributed by atoms with Gasteiger partial charge in [0.15, 0.2) is 0 Å². The van der Waals surface area contributed by atoms with Gasteiger partial charge < -0.3 is 10.0 Å². The number of hydrogen-bond acceptors (Lipinski definition) is 2. The molecule has 1 aliphatic rings. The molecule has 2 nitrogen and oxygen atoms in total. The molecular formula is C8H17NO. The smallest absolute Gasteiger partial charge is 0.0695 e. The van der Waals surface area contributed by atoms with E-state index in [0.717, 1.165) is 12.8 Å². The summed E-state index contributed by atoms with van der Waals surface area (Å²) in [5.41, 5.74) is 0. The Morgan fingerprint density at radius 1 is 1.20 bits per heavy atom. The lowest BCUT2D eigenvalue weighted by Crippen LogP contribution is -2.41. The second-order valence-corrected chi connectivity index (χ2v) is 3.38. The van der Waals surface area contributed by atoms with Crippen LogP contribution in [0.5, 0.6) is 0 Å². The van der Waals surface area contributed by atoms with Crippen LogP contribution in [0.4, 0.5) is 0 Å². The van der Waals surface area contributed by atoms with E-state index in [1.165, 1.54) is 12.8 Å². The predicted molar refractivity (Wildman–Crippen MR) is 41.9 cm³/mol. The van der Waals surface area contributed by atoms with Gasteiger partial charge in [-0.15, -0.1) is 0 Å². The molecular weight excluding hydrogens is 126 g/mol. The van der Waals surface area contributed by atoms with Crippen LogP contribution in [0.15, 0.2) is 0 Å². The molecule has 0 bridgehead atoms. The summed E-state index contributed by atoms with van der Waals surface area (Å²) in [5.74, 6) is 0. The van der Waals surface area contributed by atoms with Crippen LogP contribution in [0, 0.1) is 0 Å². The largest absolute Gasteiger partial charge is 0.391 e. The maximum Gasteiger partial charge on any atom is 0.0695 e. The molecule has 0 aromatic heterocycles. The van der Waals surface area contributed by atoms with Crippen molar-refractivity contribution in [3.8, 4) is 0 Å². The first-order chi connectivity index (χ1) is 4.72. The highest BCUT2D eigenvalue weighted by Crippen LogP contribution is 2.20. The summed E-state index contributed by atoms with van der Waals surface area (Å²) < 4.78 is 0. The van der Waals surface area contributed by atoms with Crippen molar-refractivity contribution >= 4 is 0 Å². The minimum atomic E-state index is -0.0799.